The first-order valence-electron chi connectivity index (χ1n) is 10.8. The molecular weight excluding hydrogens is 396 g/mol. The Morgan fingerprint density at radius 2 is 1.81 bits per heavy atom. The van der Waals surface area contributed by atoms with E-state index in [-0.39, 0.29) is 17.5 Å². The molecule has 0 radical (unpaired) electrons. The molecule has 1 aliphatic heterocycles. The number of methoxy groups -OCH3 is 1. The molecular formula is C22H30N6O3. The number of likely N-dealkylation sites (tertiary alicyclic amines) is 1. The van der Waals surface area contributed by atoms with Crippen molar-refractivity contribution in [2.75, 3.05) is 39.1 Å². The van der Waals surface area contributed by atoms with Crippen molar-refractivity contribution in [1.29, 1.82) is 0 Å². The van der Waals surface area contributed by atoms with Crippen LogP contribution in [0, 0.1) is 0 Å². The molecule has 0 atom stereocenters. The molecule has 3 heterocycles. The monoisotopic (exact) mass is 426 g/mol. The van der Waals surface area contributed by atoms with Crippen LogP contribution in [0.25, 0.3) is 11.2 Å². The maximum atomic E-state index is 13.1. The maximum Gasteiger partial charge on any atom is 0.330 e. The SMILES string of the molecule is CCn1c(=O)n(Cc2cccc(CN3CCCC3)c2)c2nc(OCCOC)nc(N)c21. The zero-order valence-corrected chi connectivity index (χ0v) is 18.2. The Morgan fingerprint density at radius 1 is 1.06 bits per heavy atom. The second kappa shape index (κ2) is 9.49. The highest BCUT2D eigenvalue weighted by Crippen LogP contribution is 2.21. The number of nitrogens with two attached hydrogens (primary N) is 1. The van der Waals surface area contributed by atoms with Gasteiger partial charge in [0, 0.05) is 20.2 Å². The van der Waals surface area contributed by atoms with Gasteiger partial charge in [0.25, 0.3) is 0 Å². The first kappa shape index (κ1) is 21.3. The topological polar surface area (TPSA) is 100 Å². The second-order valence-electron chi connectivity index (χ2n) is 7.82. The van der Waals surface area contributed by atoms with Crippen LogP contribution in [0.15, 0.2) is 29.1 Å². The van der Waals surface area contributed by atoms with Gasteiger partial charge in [0.2, 0.25) is 0 Å². The fraction of sp³-hybridized carbons (Fsp3) is 0.500. The van der Waals surface area contributed by atoms with Crippen molar-refractivity contribution in [3.05, 3.63) is 45.9 Å². The van der Waals surface area contributed by atoms with E-state index >= 15 is 0 Å². The third-order valence-corrected chi connectivity index (χ3v) is 5.63. The first-order chi connectivity index (χ1) is 15.1. The fourth-order valence-electron chi connectivity index (χ4n) is 4.14. The van der Waals surface area contributed by atoms with E-state index in [0.717, 1.165) is 25.2 Å². The number of aryl methyl sites for hydroxylation is 1. The molecule has 3 aromatic rings. The quantitative estimate of drug-likeness (QED) is 0.521. The molecule has 0 unspecified atom stereocenters. The third kappa shape index (κ3) is 4.57. The second-order valence-corrected chi connectivity index (χ2v) is 7.82. The molecule has 31 heavy (non-hydrogen) atoms. The van der Waals surface area contributed by atoms with Crippen LogP contribution >= 0.6 is 0 Å². The van der Waals surface area contributed by atoms with Crippen LogP contribution in [-0.4, -0.2) is 57.4 Å². The van der Waals surface area contributed by atoms with Crippen LogP contribution < -0.4 is 16.2 Å². The summed E-state index contributed by atoms with van der Waals surface area (Å²) >= 11 is 0. The number of nitrogens with zero attached hydrogens (tertiary/aromatic N) is 5. The van der Waals surface area contributed by atoms with E-state index in [2.05, 4.69) is 27.0 Å². The minimum Gasteiger partial charge on any atom is -0.461 e. The summed E-state index contributed by atoms with van der Waals surface area (Å²) in [4.78, 5) is 24.3. The Labute approximate surface area is 181 Å². The average Bonchev–Trinajstić information content (AvgIpc) is 3.35. The largest absolute Gasteiger partial charge is 0.461 e. The zero-order valence-electron chi connectivity index (χ0n) is 18.2. The summed E-state index contributed by atoms with van der Waals surface area (Å²) < 4.78 is 13.8. The molecule has 0 aliphatic carbocycles. The van der Waals surface area contributed by atoms with E-state index < -0.39 is 0 Å². The van der Waals surface area contributed by atoms with Crippen molar-refractivity contribution in [2.45, 2.75) is 39.4 Å². The molecule has 1 aliphatic rings. The fourth-order valence-corrected chi connectivity index (χ4v) is 4.14. The summed E-state index contributed by atoms with van der Waals surface area (Å²) in [6, 6.07) is 8.54. The van der Waals surface area contributed by atoms with Gasteiger partial charge in [-0.2, -0.15) is 9.97 Å². The van der Waals surface area contributed by atoms with Gasteiger partial charge in [-0.25, -0.2) is 4.79 Å². The van der Waals surface area contributed by atoms with E-state index in [1.54, 1.807) is 16.2 Å². The van der Waals surface area contributed by atoms with Crippen molar-refractivity contribution < 1.29 is 9.47 Å². The summed E-state index contributed by atoms with van der Waals surface area (Å²) in [5, 5.41) is 0. The Kier molecular flexibility index (Phi) is 6.53. The number of nitrogen functional groups attached to an aromatic ring is 1. The number of hydrogen-bond acceptors (Lipinski definition) is 7. The number of rotatable bonds is 9. The molecule has 4 rings (SSSR count). The lowest BCUT2D eigenvalue weighted by Crippen LogP contribution is -2.24. The van der Waals surface area contributed by atoms with Gasteiger partial charge in [0.15, 0.2) is 11.5 Å². The molecule has 166 valence electrons. The average molecular weight is 427 g/mol. The van der Waals surface area contributed by atoms with Gasteiger partial charge < -0.3 is 15.2 Å². The molecule has 9 nitrogen and oxygen atoms in total. The molecule has 2 N–H and O–H groups in total. The van der Waals surface area contributed by atoms with Crippen LogP contribution in [0.1, 0.15) is 30.9 Å². The van der Waals surface area contributed by atoms with E-state index in [1.165, 1.54) is 18.4 Å². The predicted octanol–water partition coefficient (Wildman–Crippen LogP) is 1.86. The predicted molar refractivity (Wildman–Crippen MR) is 119 cm³/mol. The van der Waals surface area contributed by atoms with Crippen molar-refractivity contribution in [3.8, 4) is 6.01 Å². The number of imidazole rings is 1. The van der Waals surface area contributed by atoms with Crippen molar-refractivity contribution in [1.82, 2.24) is 24.0 Å². The summed E-state index contributed by atoms with van der Waals surface area (Å²) in [6.45, 7) is 6.74. The maximum absolute atomic E-state index is 13.1. The standard InChI is InChI=1S/C22H30N6O3/c1-3-27-18-19(23)24-21(31-12-11-30-2)25-20(18)28(22(27)29)15-17-8-6-7-16(13-17)14-26-9-4-5-10-26/h6-8,13H,3-5,9-12,14-15H2,1-2H3,(H2,23,24,25). The number of anilines is 1. The Bertz CT molecular complexity index is 1100. The van der Waals surface area contributed by atoms with Crippen LogP contribution in [0.5, 0.6) is 6.01 Å². The molecule has 1 fully saturated rings. The van der Waals surface area contributed by atoms with Crippen molar-refractivity contribution in [3.63, 3.8) is 0 Å². The molecule has 9 heteroatoms. The molecule has 0 spiro atoms. The minimum absolute atomic E-state index is 0.145. The molecule has 1 saturated heterocycles. The van der Waals surface area contributed by atoms with Gasteiger partial charge in [-0.1, -0.05) is 24.3 Å². The van der Waals surface area contributed by atoms with Crippen molar-refractivity contribution >= 4 is 17.0 Å². The number of ether oxygens (including phenoxy) is 2. The van der Waals surface area contributed by atoms with E-state index in [1.807, 2.05) is 19.1 Å². The van der Waals surface area contributed by atoms with E-state index in [4.69, 9.17) is 15.2 Å². The Morgan fingerprint density at radius 3 is 2.52 bits per heavy atom. The van der Waals surface area contributed by atoms with Crippen LogP contribution in [0.4, 0.5) is 5.82 Å². The molecule has 0 bridgehead atoms. The number of aromatic nitrogens is 4. The Hall–Kier alpha value is -2.91. The molecule has 0 amide bonds. The van der Waals surface area contributed by atoms with Crippen LogP contribution in [0.2, 0.25) is 0 Å². The smallest absolute Gasteiger partial charge is 0.330 e. The number of benzene rings is 1. The lowest BCUT2D eigenvalue weighted by molar-refractivity contribution is 0.141. The first-order valence-corrected chi connectivity index (χ1v) is 10.8. The normalized spacial score (nSPS) is 14.5. The highest BCUT2D eigenvalue weighted by atomic mass is 16.5. The molecule has 0 saturated carbocycles. The highest BCUT2D eigenvalue weighted by molar-refractivity contribution is 5.83. The molecule has 1 aromatic carbocycles. The lowest BCUT2D eigenvalue weighted by Gasteiger charge is -2.15. The summed E-state index contributed by atoms with van der Waals surface area (Å²) in [7, 11) is 1.60. The zero-order chi connectivity index (χ0) is 21.8. The van der Waals surface area contributed by atoms with Gasteiger partial charge in [0.05, 0.1) is 13.2 Å². The van der Waals surface area contributed by atoms with Gasteiger partial charge in [-0.15, -0.1) is 0 Å². The summed E-state index contributed by atoms with van der Waals surface area (Å²) in [5.74, 6) is 0.234. The van der Waals surface area contributed by atoms with Gasteiger partial charge in [-0.05, 0) is 44.0 Å². The summed E-state index contributed by atoms with van der Waals surface area (Å²) in [6.07, 6.45) is 2.53. The third-order valence-electron chi connectivity index (χ3n) is 5.63. The van der Waals surface area contributed by atoms with Crippen LogP contribution in [0.3, 0.4) is 0 Å². The lowest BCUT2D eigenvalue weighted by atomic mass is 10.1. The number of hydrogen-bond donors (Lipinski definition) is 1. The van der Waals surface area contributed by atoms with Gasteiger partial charge >= 0.3 is 11.7 Å². The summed E-state index contributed by atoms with van der Waals surface area (Å²) in [5.41, 5.74) is 9.36. The highest BCUT2D eigenvalue weighted by Gasteiger charge is 2.19. The van der Waals surface area contributed by atoms with Crippen molar-refractivity contribution in [2.24, 2.45) is 0 Å². The van der Waals surface area contributed by atoms with Gasteiger partial charge in [0.1, 0.15) is 12.1 Å². The van der Waals surface area contributed by atoms with E-state index in [0.29, 0.717) is 37.5 Å². The van der Waals surface area contributed by atoms with Crippen LogP contribution in [-0.2, 0) is 24.4 Å². The Balaban J connectivity index is 1.67. The minimum atomic E-state index is -0.155. The van der Waals surface area contributed by atoms with Gasteiger partial charge in [-0.3, -0.25) is 14.0 Å². The number of fused-ring (bicyclic) bond motifs is 1. The van der Waals surface area contributed by atoms with E-state index in [9.17, 15) is 4.79 Å². The molecule has 2 aromatic heterocycles.